The van der Waals surface area contributed by atoms with Gasteiger partial charge in [-0.15, -0.1) is 0 Å². The second-order valence-corrected chi connectivity index (χ2v) is 28.1. The molecule has 0 aromatic rings. The lowest BCUT2D eigenvalue weighted by atomic mass is 10.0. The molecule has 0 aliphatic carbocycles. The number of nitrogens with zero attached hydrogens (tertiary/aromatic N) is 3. The Bertz CT molecular complexity index is 1270. The van der Waals surface area contributed by atoms with Gasteiger partial charge in [-0.05, 0) is 97.2 Å². The van der Waals surface area contributed by atoms with Gasteiger partial charge >= 0.3 is 5.97 Å². The predicted molar refractivity (Wildman–Crippen MR) is 386 cm³/mol. The van der Waals surface area contributed by atoms with Crippen LogP contribution in [-0.4, -0.2) is 122 Å². The zero-order chi connectivity index (χ0) is 63.1. The minimum absolute atomic E-state index is 0.0817. The van der Waals surface area contributed by atoms with E-state index in [-0.39, 0.29) is 12.1 Å². The van der Waals surface area contributed by atoms with Crippen molar-refractivity contribution >= 4 is 5.97 Å². The first-order valence-corrected chi connectivity index (χ1v) is 40.3. The third kappa shape index (κ3) is 69.4. The lowest BCUT2D eigenvalue weighted by molar-refractivity contribution is -0.143. The number of nitrogens with one attached hydrogen (secondary N) is 1. The molecule has 0 aliphatic heterocycles. The van der Waals surface area contributed by atoms with Crippen molar-refractivity contribution in [2.24, 2.45) is 0 Å². The summed E-state index contributed by atoms with van der Waals surface area (Å²) in [5.41, 5.74) is 0. The Morgan fingerprint density at radius 3 is 0.782 bits per heavy atom. The predicted octanol–water partition coefficient (Wildman–Crippen LogP) is 22.9. The van der Waals surface area contributed by atoms with Crippen LogP contribution in [0.2, 0.25) is 0 Å². The van der Waals surface area contributed by atoms with E-state index in [1.807, 2.05) is 0 Å². The molecule has 2 atom stereocenters. The second-order valence-electron chi connectivity index (χ2n) is 28.1. The van der Waals surface area contributed by atoms with E-state index in [4.69, 9.17) is 4.74 Å². The van der Waals surface area contributed by atoms with Crippen molar-refractivity contribution in [2.45, 2.75) is 426 Å². The molecule has 522 valence electrons. The summed E-state index contributed by atoms with van der Waals surface area (Å²) >= 11 is 0. The van der Waals surface area contributed by atoms with Crippen LogP contribution in [-0.2, 0) is 9.53 Å². The van der Waals surface area contributed by atoms with Crippen LogP contribution in [0, 0.1) is 0 Å². The van der Waals surface area contributed by atoms with Crippen molar-refractivity contribution < 1.29 is 19.7 Å². The molecule has 8 heteroatoms. The maximum Gasteiger partial charge on any atom is 0.305 e. The van der Waals surface area contributed by atoms with Crippen LogP contribution in [0.4, 0.5) is 0 Å². The van der Waals surface area contributed by atoms with E-state index in [9.17, 15) is 15.0 Å². The van der Waals surface area contributed by atoms with E-state index in [1.165, 1.54) is 340 Å². The zero-order valence-electron chi connectivity index (χ0n) is 60.4. The highest BCUT2D eigenvalue weighted by atomic mass is 16.5. The minimum Gasteiger partial charge on any atom is -0.466 e. The highest BCUT2D eigenvalue weighted by molar-refractivity contribution is 5.69. The number of hydrogen-bond donors (Lipinski definition) is 3. The first-order valence-electron chi connectivity index (χ1n) is 40.3. The summed E-state index contributed by atoms with van der Waals surface area (Å²) in [6, 6.07) is 0. The van der Waals surface area contributed by atoms with E-state index >= 15 is 0 Å². The Balaban J connectivity index is 5.16. The molecule has 87 heavy (non-hydrogen) atoms. The van der Waals surface area contributed by atoms with Crippen LogP contribution in [0.15, 0.2) is 0 Å². The van der Waals surface area contributed by atoms with E-state index in [1.54, 1.807) is 0 Å². The summed E-state index contributed by atoms with van der Waals surface area (Å²) in [4.78, 5) is 20.3. The average molecular weight is 1230 g/mol. The molecule has 0 saturated heterocycles. The molecule has 8 nitrogen and oxygen atoms in total. The van der Waals surface area contributed by atoms with Gasteiger partial charge in [0.15, 0.2) is 0 Å². The fraction of sp³-hybridized carbons (Fsp3) is 0.987. The number of carbonyl (C=O) groups excluding carboxylic acids is 1. The van der Waals surface area contributed by atoms with Gasteiger partial charge in [-0.3, -0.25) is 4.79 Å². The molecular formula is C79H162N4O4. The Kier molecular flexibility index (Phi) is 73.6. The largest absolute Gasteiger partial charge is 0.466 e. The number of carbonyl (C=O) groups is 1. The molecule has 0 saturated carbocycles. The van der Waals surface area contributed by atoms with Gasteiger partial charge in [-0.2, -0.15) is 0 Å². The third-order valence-corrected chi connectivity index (χ3v) is 19.0. The van der Waals surface area contributed by atoms with Crippen LogP contribution in [0.25, 0.3) is 0 Å². The fourth-order valence-corrected chi connectivity index (χ4v) is 13.2. The third-order valence-electron chi connectivity index (χ3n) is 19.0. The van der Waals surface area contributed by atoms with Crippen molar-refractivity contribution in [1.82, 2.24) is 20.0 Å². The maximum absolute atomic E-state index is 12.5. The Hall–Kier alpha value is -0.770. The van der Waals surface area contributed by atoms with Crippen LogP contribution in [0.3, 0.4) is 0 Å². The van der Waals surface area contributed by atoms with Gasteiger partial charge in [-0.1, -0.05) is 356 Å². The standard InChI is InChI=1S/C79H162N4O4/c1-6-11-16-20-24-28-32-36-37-38-39-43-47-49-53-57-67-81(66-15-10-5)75-78(85)76-83(69-59-55-51-46-42-35-31-27-23-19-14-9-4)71-61-60-70-82(68-58-54-50-45-41-34-30-26-22-18-13-8-3)74-77(84)73-80-65-63-64-79(86)87-72-62-56-52-48-44-40-33-29-25-21-17-12-7-2/h77-78,80,84-85H,6-76H2,1-5H3. The van der Waals surface area contributed by atoms with Gasteiger partial charge in [0, 0.05) is 32.6 Å². The fourth-order valence-electron chi connectivity index (χ4n) is 13.2. The molecule has 0 heterocycles. The Morgan fingerprint density at radius 2 is 0.506 bits per heavy atom. The molecule has 0 aromatic heterocycles. The summed E-state index contributed by atoms with van der Waals surface area (Å²) in [7, 11) is 0. The van der Waals surface area contributed by atoms with Crippen molar-refractivity contribution in [3.8, 4) is 0 Å². The lowest BCUT2D eigenvalue weighted by Crippen LogP contribution is -2.42. The van der Waals surface area contributed by atoms with Crippen molar-refractivity contribution in [2.75, 3.05) is 78.6 Å². The summed E-state index contributed by atoms with van der Waals surface area (Å²) < 4.78 is 5.59. The van der Waals surface area contributed by atoms with E-state index < -0.39 is 6.10 Å². The van der Waals surface area contributed by atoms with Crippen LogP contribution >= 0.6 is 0 Å². The topological polar surface area (TPSA) is 88.5 Å². The number of ether oxygens (including phenoxy) is 1. The van der Waals surface area contributed by atoms with E-state index in [2.05, 4.69) is 54.6 Å². The summed E-state index contributed by atoms with van der Waals surface area (Å²) in [5.74, 6) is -0.0817. The molecule has 0 radical (unpaired) electrons. The quantitative estimate of drug-likeness (QED) is 0.0410. The van der Waals surface area contributed by atoms with Gasteiger partial charge in [-0.25, -0.2) is 0 Å². The monoisotopic (exact) mass is 1230 g/mol. The summed E-state index contributed by atoms with van der Waals surface area (Å²) in [6.07, 6.45) is 77.4. The van der Waals surface area contributed by atoms with Crippen molar-refractivity contribution in [3.05, 3.63) is 0 Å². The highest BCUT2D eigenvalue weighted by Crippen LogP contribution is 2.18. The maximum atomic E-state index is 12.5. The smallest absolute Gasteiger partial charge is 0.305 e. The van der Waals surface area contributed by atoms with Crippen LogP contribution < -0.4 is 5.32 Å². The Labute approximate surface area is 547 Å². The van der Waals surface area contributed by atoms with Crippen LogP contribution in [0.5, 0.6) is 0 Å². The van der Waals surface area contributed by atoms with E-state index in [0.717, 1.165) is 91.0 Å². The highest BCUT2D eigenvalue weighted by Gasteiger charge is 2.17. The van der Waals surface area contributed by atoms with Gasteiger partial charge in [0.25, 0.3) is 0 Å². The molecule has 0 fully saturated rings. The molecule has 0 amide bonds. The van der Waals surface area contributed by atoms with Crippen molar-refractivity contribution in [3.63, 3.8) is 0 Å². The molecule has 0 spiro atoms. The van der Waals surface area contributed by atoms with Gasteiger partial charge in [0.2, 0.25) is 0 Å². The molecule has 0 aromatic carbocycles. The first kappa shape index (κ1) is 86.2. The van der Waals surface area contributed by atoms with Crippen LogP contribution in [0.1, 0.15) is 413 Å². The normalized spacial score (nSPS) is 12.7. The SMILES string of the molecule is CCCCCCCCCCCCCCCCCCN(CCCC)CC(O)CN(CCCCCCCCCCCCCC)CCCCN(CCCCCCCCCCCCCC)CC(O)CNCCCC(=O)OCCCCCCCCCCCCCCC. The molecular weight excluding hydrogens is 1070 g/mol. The zero-order valence-corrected chi connectivity index (χ0v) is 60.4. The molecule has 0 aliphatic rings. The Morgan fingerprint density at radius 1 is 0.287 bits per heavy atom. The molecule has 2 unspecified atom stereocenters. The average Bonchev–Trinajstić information content (AvgIpc) is 3.52. The minimum atomic E-state index is -0.433. The molecule has 0 bridgehead atoms. The van der Waals surface area contributed by atoms with Gasteiger partial charge in [0.05, 0.1) is 18.8 Å². The number of rotatable bonds is 77. The van der Waals surface area contributed by atoms with Gasteiger partial charge < -0.3 is 35.0 Å². The number of esters is 1. The number of hydrogen-bond acceptors (Lipinski definition) is 8. The number of unbranched alkanes of at least 4 members (excludes halogenated alkanes) is 51. The van der Waals surface area contributed by atoms with E-state index in [0.29, 0.717) is 26.1 Å². The number of aliphatic hydroxyl groups is 2. The summed E-state index contributed by atoms with van der Waals surface area (Å²) in [5, 5.41) is 26.6. The lowest BCUT2D eigenvalue weighted by Gasteiger charge is -2.30. The second kappa shape index (κ2) is 74.3. The first-order chi connectivity index (χ1) is 42.9. The van der Waals surface area contributed by atoms with Crippen molar-refractivity contribution in [1.29, 1.82) is 0 Å². The molecule has 0 rings (SSSR count). The van der Waals surface area contributed by atoms with Gasteiger partial charge in [0.1, 0.15) is 0 Å². The molecule has 3 N–H and O–H groups in total. The summed E-state index contributed by atoms with van der Waals surface area (Å²) in [6.45, 7) is 22.0. The number of aliphatic hydroxyl groups excluding tert-OH is 2.